The maximum absolute atomic E-state index is 12.5. The zero-order chi connectivity index (χ0) is 21.2. The molecule has 0 radical (unpaired) electrons. The zero-order valence-corrected chi connectivity index (χ0v) is 18.0. The minimum atomic E-state index is -0.171. The molecule has 0 bridgehead atoms. The smallest absolute Gasteiger partial charge is 0.279 e. The van der Waals surface area contributed by atoms with Crippen molar-refractivity contribution in [2.45, 2.75) is 46.1 Å². The van der Waals surface area contributed by atoms with Crippen LogP contribution in [0.5, 0.6) is 0 Å². The maximum atomic E-state index is 12.5. The van der Waals surface area contributed by atoms with Crippen LogP contribution in [0.3, 0.4) is 0 Å². The van der Waals surface area contributed by atoms with E-state index in [0.717, 1.165) is 6.42 Å². The van der Waals surface area contributed by atoms with E-state index in [1.54, 1.807) is 31.3 Å². The first-order valence-corrected chi connectivity index (χ1v) is 10.5. The Morgan fingerprint density at radius 1 is 1.07 bits per heavy atom. The molecule has 5 nitrogen and oxygen atoms in total. The summed E-state index contributed by atoms with van der Waals surface area (Å²) in [7, 11) is 1.59. The highest BCUT2D eigenvalue weighted by molar-refractivity contribution is 5.97. The minimum Gasteiger partial charge on any atom is -0.355 e. The summed E-state index contributed by atoms with van der Waals surface area (Å²) in [5.74, 6) is 0.153. The minimum absolute atomic E-state index is 0.0794. The third-order valence-corrected chi connectivity index (χ3v) is 5.09. The van der Waals surface area contributed by atoms with Crippen molar-refractivity contribution in [3.63, 3.8) is 0 Å². The molecular formula is C24H34N3O2+. The van der Waals surface area contributed by atoms with Gasteiger partial charge in [-0.05, 0) is 36.6 Å². The molecule has 0 spiro atoms. The summed E-state index contributed by atoms with van der Waals surface area (Å²) in [5.41, 5.74) is 3.77. The second kappa shape index (κ2) is 11.4. The molecule has 2 aromatic rings. The second-order valence-corrected chi connectivity index (χ2v) is 7.76. The van der Waals surface area contributed by atoms with Crippen molar-refractivity contribution < 1.29 is 14.9 Å². The fraction of sp³-hybridized carbons (Fsp3) is 0.417. The third kappa shape index (κ3) is 7.02. The van der Waals surface area contributed by atoms with Crippen molar-refractivity contribution in [2.75, 3.05) is 18.9 Å². The molecule has 0 heterocycles. The molecule has 0 aliphatic rings. The molecule has 0 fully saturated rings. The standard InChI is InChI=1S/C24H33N3O2/c1-5-6-8-18-11-13-19(14-12-18)23(17(2)3)26-16-22(28)27-21-10-7-9-20(15-21)24(29)25-4/h7,9-15,17,23,26H,5-6,8,16H2,1-4H3,(H,25,29)(H,27,28)/p+1/t23-/m1/s1. The van der Waals surface area contributed by atoms with Gasteiger partial charge in [0, 0.05) is 29.8 Å². The van der Waals surface area contributed by atoms with E-state index in [9.17, 15) is 9.59 Å². The van der Waals surface area contributed by atoms with Crippen LogP contribution in [0.1, 0.15) is 61.1 Å². The molecule has 0 saturated carbocycles. The maximum Gasteiger partial charge on any atom is 0.279 e. The van der Waals surface area contributed by atoms with Crippen molar-refractivity contribution in [1.82, 2.24) is 5.32 Å². The van der Waals surface area contributed by atoms with E-state index in [1.165, 1.54) is 24.0 Å². The highest BCUT2D eigenvalue weighted by Crippen LogP contribution is 2.19. The van der Waals surface area contributed by atoms with Gasteiger partial charge in [0.2, 0.25) is 0 Å². The third-order valence-electron chi connectivity index (χ3n) is 5.09. The van der Waals surface area contributed by atoms with Crippen LogP contribution >= 0.6 is 0 Å². The number of benzene rings is 2. The topological polar surface area (TPSA) is 74.8 Å². The number of unbranched alkanes of at least 4 members (excludes halogenated alkanes) is 1. The van der Waals surface area contributed by atoms with Crippen LogP contribution in [-0.2, 0) is 11.2 Å². The van der Waals surface area contributed by atoms with Gasteiger partial charge < -0.3 is 16.0 Å². The molecule has 0 aliphatic carbocycles. The molecule has 0 unspecified atom stereocenters. The normalized spacial score (nSPS) is 11.9. The fourth-order valence-electron chi connectivity index (χ4n) is 3.41. The van der Waals surface area contributed by atoms with Gasteiger partial charge in [0.05, 0.1) is 0 Å². The van der Waals surface area contributed by atoms with E-state index in [-0.39, 0.29) is 17.9 Å². The van der Waals surface area contributed by atoms with E-state index >= 15 is 0 Å². The Morgan fingerprint density at radius 3 is 2.41 bits per heavy atom. The van der Waals surface area contributed by atoms with E-state index in [1.807, 2.05) is 0 Å². The number of hydrogen-bond acceptors (Lipinski definition) is 2. The number of rotatable bonds is 10. The van der Waals surface area contributed by atoms with Crippen LogP contribution < -0.4 is 16.0 Å². The first-order chi connectivity index (χ1) is 13.9. The Hall–Kier alpha value is -2.66. The highest BCUT2D eigenvalue weighted by Gasteiger charge is 2.20. The lowest BCUT2D eigenvalue weighted by Gasteiger charge is -2.20. The lowest BCUT2D eigenvalue weighted by Crippen LogP contribution is -2.88. The Balaban J connectivity index is 1.96. The molecule has 156 valence electrons. The van der Waals surface area contributed by atoms with Gasteiger partial charge in [-0.15, -0.1) is 0 Å². The van der Waals surface area contributed by atoms with Crippen LogP contribution in [0.4, 0.5) is 5.69 Å². The van der Waals surface area contributed by atoms with Gasteiger partial charge in [-0.3, -0.25) is 9.59 Å². The zero-order valence-electron chi connectivity index (χ0n) is 18.0. The summed E-state index contributed by atoms with van der Waals surface area (Å²) in [6.07, 6.45) is 3.52. The van der Waals surface area contributed by atoms with Crippen molar-refractivity contribution in [1.29, 1.82) is 0 Å². The number of nitrogens with one attached hydrogen (secondary N) is 2. The molecule has 0 aliphatic heterocycles. The van der Waals surface area contributed by atoms with Crippen LogP contribution in [-0.4, -0.2) is 25.4 Å². The number of carbonyl (C=O) groups is 2. The summed E-state index contributed by atoms with van der Waals surface area (Å²) in [6, 6.07) is 16.0. The number of amides is 2. The highest BCUT2D eigenvalue weighted by atomic mass is 16.2. The second-order valence-electron chi connectivity index (χ2n) is 7.76. The van der Waals surface area contributed by atoms with Gasteiger partial charge in [0.25, 0.3) is 11.8 Å². The van der Waals surface area contributed by atoms with Gasteiger partial charge in [-0.1, -0.05) is 57.5 Å². The van der Waals surface area contributed by atoms with E-state index in [0.29, 0.717) is 23.7 Å². The predicted molar refractivity (Wildman–Crippen MR) is 118 cm³/mol. The van der Waals surface area contributed by atoms with Crippen LogP contribution in [0.2, 0.25) is 0 Å². The van der Waals surface area contributed by atoms with Crippen molar-refractivity contribution in [2.24, 2.45) is 5.92 Å². The predicted octanol–water partition coefficient (Wildman–Crippen LogP) is 3.29. The SMILES string of the molecule is CCCCc1ccc([C@H]([NH2+]CC(=O)Nc2cccc(C(=O)NC)c2)C(C)C)cc1. The number of hydrogen-bond donors (Lipinski definition) is 3. The van der Waals surface area contributed by atoms with Gasteiger partial charge in [0.1, 0.15) is 6.04 Å². The number of quaternary nitrogens is 1. The van der Waals surface area contributed by atoms with E-state index in [4.69, 9.17) is 0 Å². The number of carbonyl (C=O) groups excluding carboxylic acids is 2. The van der Waals surface area contributed by atoms with Crippen LogP contribution in [0.15, 0.2) is 48.5 Å². The van der Waals surface area contributed by atoms with Crippen molar-refractivity contribution >= 4 is 17.5 Å². The fourth-order valence-corrected chi connectivity index (χ4v) is 3.41. The first-order valence-electron chi connectivity index (χ1n) is 10.5. The summed E-state index contributed by atoms with van der Waals surface area (Å²) in [4.78, 5) is 24.2. The molecule has 4 N–H and O–H groups in total. The van der Waals surface area contributed by atoms with E-state index < -0.39 is 0 Å². The molecule has 5 heteroatoms. The Bertz CT molecular complexity index is 800. The average Bonchev–Trinajstić information content (AvgIpc) is 2.72. The Morgan fingerprint density at radius 2 is 1.79 bits per heavy atom. The molecule has 0 saturated heterocycles. The molecule has 29 heavy (non-hydrogen) atoms. The van der Waals surface area contributed by atoms with Crippen molar-refractivity contribution in [3.8, 4) is 0 Å². The quantitative estimate of drug-likeness (QED) is 0.576. The lowest BCUT2D eigenvalue weighted by molar-refractivity contribution is -0.692. The molecule has 0 aromatic heterocycles. The van der Waals surface area contributed by atoms with Crippen LogP contribution in [0, 0.1) is 5.92 Å². The Kier molecular flexibility index (Phi) is 8.87. The number of anilines is 1. The molecule has 2 aromatic carbocycles. The molecule has 2 rings (SSSR count). The lowest BCUT2D eigenvalue weighted by atomic mass is 9.94. The van der Waals surface area contributed by atoms with Crippen LogP contribution in [0.25, 0.3) is 0 Å². The monoisotopic (exact) mass is 396 g/mol. The molecule has 1 atom stereocenters. The largest absolute Gasteiger partial charge is 0.355 e. The van der Waals surface area contributed by atoms with Crippen molar-refractivity contribution in [3.05, 3.63) is 65.2 Å². The van der Waals surface area contributed by atoms with Gasteiger partial charge in [-0.25, -0.2) is 0 Å². The van der Waals surface area contributed by atoms with Gasteiger partial charge in [-0.2, -0.15) is 0 Å². The van der Waals surface area contributed by atoms with E-state index in [2.05, 4.69) is 61.0 Å². The average molecular weight is 397 g/mol. The number of nitrogens with two attached hydrogens (primary N) is 1. The van der Waals surface area contributed by atoms with Gasteiger partial charge >= 0.3 is 0 Å². The molecular weight excluding hydrogens is 362 g/mol. The summed E-state index contributed by atoms with van der Waals surface area (Å²) < 4.78 is 0. The first kappa shape index (κ1) is 22.6. The summed E-state index contributed by atoms with van der Waals surface area (Å²) >= 11 is 0. The Labute approximate surface area is 174 Å². The van der Waals surface area contributed by atoms with Gasteiger partial charge in [0.15, 0.2) is 6.54 Å². The molecule has 2 amide bonds. The summed E-state index contributed by atoms with van der Waals surface area (Å²) in [6.45, 7) is 6.89. The number of aryl methyl sites for hydroxylation is 1. The summed E-state index contributed by atoms with van der Waals surface area (Å²) in [5, 5.41) is 7.57.